The molecule has 0 amide bonds. The first-order valence-corrected chi connectivity index (χ1v) is 6.35. The van der Waals surface area contributed by atoms with Gasteiger partial charge in [0.25, 0.3) is 0 Å². The van der Waals surface area contributed by atoms with Crippen LogP contribution in [0.2, 0.25) is 0 Å². The van der Waals surface area contributed by atoms with Gasteiger partial charge in [0.15, 0.2) is 5.65 Å². The largest absolute Gasteiger partial charge is 0.357 e. The summed E-state index contributed by atoms with van der Waals surface area (Å²) in [6.45, 7) is 2.19. The molecule has 86 valence electrons. The maximum absolute atomic E-state index is 4.43. The van der Waals surface area contributed by atoms with Gasteiger partial charge >= 0.3 is 0 Å². The number of rotatable bonds is 5. The number of fused-ring (bicyclic) bond motifs is 1. The molecule has 0 bridgehead atoms. The molecule has 0 atom stereocenters. The van der Waals surface area contributed by atoms with E-state index < -0.39 is 0 Å². The molecule has 2 heterocycles. The number of aromatic nitrogens is 4. The van der Waals surface area contributed by atoms with Gasteiger partial charge in [-0.3, -0.25) is 0 Å². The number of hydrogen-bond acceptors (Lipinski definition) is 5. The Balaban J connectivity index is 2.29. The first kappa shape index (κ1) is 11.2. The normalized spacial score (nSPS) is 10.9. The molecule has 0 spiro atoms. The highest BCUT2D eigenvalue weighted by Gasteiger charge is 2.09. The second kappa shape index (κ2) is 5.16. The van der Waals surface area contributed by atoms with E-state index in [1.54, 1.807) is 18.1 Å². The zero-order chi connectivity index (χ0) is 11.4. The van der Waals surface area contributed by atoms with Gasteiger partial charge in [0.2, 0.25) is 5.95 Å². The molecule has 2 rings (SSSR count). The summed E-state index contributed by atoms with van der Waals surface area (Å²) < 4.78 is 0. The maximum atomic E-state index is 4.43. The second-order valence-electron chi connectivity index (χ2n) is 3.41. The average Bonchev–Trinajstić information content (AvgIpc) is 2.77. The lowest BCUT2D eigenvalue weighted by molar-refractivity contribution is 0.894. The zero-order valence-electron chi connectivity index (χ0n) is 9.45. The van der Waals surface area contributed by atoms with Crippen LogP contribution in [0.15, 0.2) is 11.4 Å². The summed E-state index contributed by atoms with van der Waals surface area (Å²) in [5.41, 5.74) is 1.65. The molecular weight excluding hydrogens is 222 g/mol. The molecule has 6 heteroatoms. The van der Waals surface area contributed by atoms with E-state index in [1.165, 1.54) is 12.8 Å². The molecule has 0 aliphatic heterocycles. The van der Waals surface area contributed by atoms with Crippen molar-refractivity contribution in [3.05, 3.63) is 6.33 Å². The predicted octanol–water partition coefficient (Wildman–Crippen LogP) is 2.29. The minimum absolute atomic E-state index is 0.624. The van der Waals surface area contributed by atoms with Crippen LogP contribution in [-0.2, 0) is 0 Å². The van der Waals surface area contributed by atoms with Gasteiger partial charge in [0.05, 0.1) is 6.33 Å². The molecule has 0 unspecified atom stereocenters. The molecule has 2 aromatic heterocycles. The number of unbranched alkanes of at least 4 members (excludes halogenated alkanes) is 1. The number of nitrogens with one attached hydrogen (secondary N) is 2. The van der Waals surface area contributed by atoms with Crippen LogP contribution in [0.1, 0.15) is 19.8 Å². The topological polar surface area (TPSA) is 66.5 Å². The Bertz CT molecular complexity index is 467. The molecule has 16 heavy (non-hydrogen) atoms. The Kier molecular flexibility index (Phi) is 3.61. The maximum Gasteiger partial charge on any atom is 0.225 e. The highest BCUT2D eigenvalue weighted by atomic mass is 32.2. The van der Waals surface area contributed by atoms with E-state index in [0.29, 0.717) is 5.95 Å². The summed E-state index contributed by atoms with van der Waals surface area (Å²) in [4.78, 5) is 15.9. The smallest absolute Gasteiger partial charge is 0.225 e. The summed E-state index contributed by atoms with van der Waals surface area (Å²) in [5, 5.41) is 3.92. The van der Waals surface area contributed by atoms with Gasteiger partial charge in [-0.2, -0.15) is 4.98 Å². The van der Waals surface area contributed by atoms with Gasteiger partial charge in [-0.05, 0) is 12.2 Å². The second-order valence-corrected chi connectivity index (χ2v) is 4.49. The van der Waals surface area contributed by atoms with Crippen LogP contribution in [0.4, 0.5) is 5.95 Å². The van der Waals surface area contributed by atoms with E-state index in [0.717, 1.165) is 21.9 Å². The van der Waals surface area contributed by atoms with Crippen LogP contribution in [-0.4, -0.2) is 32.7 Å². The van der Waals surface area contributed by atoms with Crippen LogP contribution in [0.5, 0.6) is 0 Å². The average molecular weight is 237 g/mol. The zero-order valence-corrected chi connectivity index (χ0v) is 10.3. The first-order chi connectivity index (χ1) is 7.85. The van der Waals surface area contributed by atoms with Crippen molar-refractivity contribution in [2.24, 2.45) is 0 Å². The number of nitrogens with zero attached hydrogens (tertiary/aromatic N) is 3. The van der Waals surface area contributed by atoms with E-state index >= 15 is 0 Å². The SMILES string of the molecule is CCCCSc1nc(NC)nc2nc[nH]c12. The lowest BCUT2D eigenvalue weighted by Crippen LogP contribution is -1.98. The van der Waals surface area contributed by atoms with Crippen LogP contribution >= 0.6 is 11.8 Å². The summed E-state index contributed by atoms with van der Waals surface area (Å²) in [6.07, 6.45) is 4.05. The summed E-state index contributed by atoms with van der Waals surface area (Å²) in [6, 6.07) is 0. The number of hydrogen-bond donors (Lipinski definition) is 2. The van der Waals surface area contributed by atoms with E-state index in [1.807, 2.05) is 7.05 Å². The van der Waals surface area contributed by atoms with Gasteiger partial charge < -0.3 is 10.3 Å². The minimum atomic E-state index is 0.624. The molecule has 0 aliphatic carbocycles. The monoisotopic (exact) mass is 237 g/mol. The number of H-pyrrole nitrogens is 1. The van der Waals surface area contributed by atoms with Crippen LogP contribution < -0.4 is 5.32 Å². The lowest BCUT2D eigenvalue weighted by Gasteiger charge is -2.03. The van der Waals surface area contributed by atoms with E-state index in [2.05, 4.69) is 32.2 Å². The van der Waals surface area contributed by atoms with Gasteiger partial charge in [-0.15, -0.1) is 11.8 Å². The van der Waals surface area contributed by atoms with Crippen molar-refractivity contribution in [1.29, 1.82) is 0 Å². The molecule has 0 saturated heterocycles. The summed E-state index contributed by atoms with van der Waals surface area (Å²) in [5.74, 6) is 1.70. The van der Waals surface area contributed by atoms with E-state index in [4.69, 9.17) is 0 Å². The lowest BCUT2D eigenvalue weighted by atomic mass is 10.4. The Morgan fingerprint density at radius 1 is 1.44 bits per heavy atom. The molecule has 2 aromatic rings. The Hall–Kier alpha value is -1.30. The quantitative estimate of drug-likeness (QED) is 0.474. The number of imidazole rings is 1. The predicted molar refractivity (Wildman–Crippen MR) is 66.9 cm³/mol. The molecule has 0 saturated carbocycles. The highest BCUT2D eigenvalue weighted by Crippen LogP contribution is 2.24. The molecule has 0 aromatic carbocycles. The fourth-order valence-electron chi connectivity index (χ4n) is 1.34. The molecule has 0 fully saturated rings. The van der Waals surface area contributed by atoms with Gasteiger partial charge in [0, 0.05) is 7.05 Å². The van der Waals surface area contributed by atoms with Crippen molar-refractivity contribution in [3.63, 3.8) is 0 Å². The van der Waals surface area contributed by atoms with Crippen molar-refractivity contribution in [1.82, 2.24) is 19.9 Å². The number of aromatic amines is 1. The third kappa shape index (κ3) is 2.27. The standard InChI is InChI=1S/C10H15N5S/c1-3-4-5-16-9-7-8(13-6-12-7)14-10(11-2)15-9/h6H,3-5H2,1-2H3,(H2,11,12,13,14,15). The minimum Gasteiger partial charge on any atom is -0.357 e. The van der Waals surface area contributed by atoms with Crippen molar-refractivity contribution in [3.8, 4) is 0 Å². The van der Waals surface area contributed by atoms with Crippen LogP contribution in [0.3, 0.4) is 0 Å². The van der Waals surface area contributed by atoms with Gasteiger partial charge in [-0.25, -0.2) is 9.97 Å². The Labute approximate surface area is 98.5 Å². The summed E-state index contributed by atoms with van der Waals surface area (Å²) in [7, 11) is 1.81. The third-order valence-corrected chi connectivity index (χ3v) is 3.27. The summed E-state index contributed by atoms with van der Waals surface area (Å²) >= 11 is 1.75. The van der Waals surface area contributed by atoms with Crippen LogP contribution in [0.25, 0.3) is 11.2 Å². The van der Waals surface area contributed by atoms with Crippen molar-refractivity contribution < 1.29 is 0 Å². The van der Waals surface area contributed by atoms with Crippen molar-refractivity contribution >= 4 is 28.9 Å². The highest BCUT2D eigenvalue weighted by molar-refractivity contribution is 7.99. The fraction of sp³-hybridized carbons (Fsp3) is 0.500. The first-order valence-electron chi connectivity index (χ1n) is 5.36. The molecule has 2 N–H and O–H groups in total. The van der Waals surface area contributed by atoms with E-state index in [9.17, 15) is 0 Å². The fourth-order valence-corrected chi connectivity index (χ4v) is 2.41. The Morgan fingerprint density at radius 2 is 2.31 bits per heavy atom. The van der Waals surface area contributed by atoms with E-state index in [-0.39, 0.29) is 0 Å². The van der Waals surface area contributed by atoms with Gasteiger partial charge in [-0.1, -0.05) is 13.3 Å². The van der Waals surface area contributed by atoms with Crippen LogP contribution in [0, 0.1) is 0 Å². The molecule has 0 aliphatic rings. The molecule has 5 nitrogen and oxygen atoms in total. The number of anilines is 1. The number of thioether (sulfide) groups is 1. The van der Waals surface area contributed by atoms with Crippen molar-refractivity contribution in [2.45, 2.75) is 24.8 Å². The van der Waals surface area contributed by atoms with Gasteiger partial charge in [0.1, 0.15) is 10.5 Å². The molecular formula is C10H15N5S. The molecule has 0 radical (unpaired) electrons. The third-order valence-electron chi connectivity index (χ3n) is 2.21. The Morgan fingerprint density at radius 3 is 3.06 bits per heavy atom. The van der Waals surface area contributed by atoms with Crippen molar-refractivity contribution in [2.75, 3.05) is 18.1 Å².